The fraction of sp³-hybridized carbons (Fsp3) is 0.182. The summed E-state index contributed by atoms with van der Waals surface area (Å²) in [5.74, 6) is -1.07. The summed E-state index contributed by atoms with van der Waals surface area (Å²) in [4.78, 5) is 20.1. The van der Waals surface area contributed by atoms with Crippen LogP contribution < -0.4 is 5.30 Å². The Morgan fingerprint density at radius 1 is 1.50 bits per heavy atom. The lowest BCUT2D eigenvalue weighted by molar-refractivity contribution is -0.136. The van der Waals surface area contributed by atoms with E-state index >= 15 is 0 Å². The Labute approximate surface area is 93.7 Å². The minimum absolute atomic E-state index is 0.247. The van der Waals surface area contributed by atoms with Gasteiger partial charge in [0.05, 0.1) is 6.42 Å². The number of carboxylic acid groups (broad SMARTS) is 1. The lowest BCUT2D eigenvalue weighted by atomic mass is 10.2. The molecule has 1 aromatic rings. The molecule has 0 bridgehead atoms. The Morgan fingerprint density at radius 3 is 2.75 bits per heavy atom. The second-order valence-corrected chi connectivity index (χ2v) is 5.73. The van der Waals surface area contributed by atoms with Crippen LogP contribution in [-0.2, 0) is 9.36 Å². The minimum atomic E-state index is -3.57. The van der Waals surface area contributed by atoms with Gasteiger partial charge in [-0.2, -0.15) is 0 Å². The van der Waals surface area contributed by atoms with Crippen LogP contribution >= 0.6 is 7.37 Å². The number of carboxylic acids is 1. The van der Waals surface area contributed by atoms with Crippen molar-refractivity contribution in [1.29, 1.82) is 0 Å². The molecule has 0 fully saturated rings. The molecule has 0 aromatic heterocycles. The topological polar surface area (TPSA) is 74.6 Å². The second kappa shape index (κ2) is 5.10. The van der Waals surface area contributed by atoms with E-state index in [1.165, 1.54) is 6.07 Å². The minimum Gasteiger partial charge on any atom is -0.481 e. The van der Waals surface area contributed by atoms with Crippen molar-refractivity contribution in [2.45, 2.75) is 6.42 Å². The molecule has 1 unspecified atom stereocenters. The van der Waals surface area contributed by atoms with Gasteiger partial charge in [-0.05, 0) is 17.7 Å². The standard InChI is InChI=1S/C11H13O4P/c1-2-9-4-3-5-10(8-9)16(14,15)7-6-11(12)13/h2-5,8H,1,6-7H2,(H,12,13)(H,14,15). The first-order chi connectivity index (χ1) is 7.45. The first kappa shape index (κ1) is 12.7. The number of carbonyl (C=O) groups is 1. The highest BCUT2D eigenvalue weighted by Crippen LogP contribution is 2.39. The molecule has 16 heavy (non-hydrogen) atoms. The summed E-state index contributed by atoms with van der Waals surface area (Å²) < 4.78 is 11.8. The van der Waals surface area contributed by atoms with Gasteiger partial charge in [-0.1, -0.05) is 24.8 Å². The Hall–Kier alpha value is -1.38. The van der Waals surface area contributed by atoms with E-state index in [2.05, 4.69) is 6.58 Å². The lowest BCUT2D eigenvalue weighted by Crippen LogP contribution is -2.10. The SMILES string of the molecule is C=Cc1cccc(P(=O)(O)CCC(=O)O)c1. The summed E-state index contributed by atoms with van der Waals surface area (Å²) in [6.07, 6.45) is 1.01. The van der Waals surface area contributed by atoms with E-state index < -0.39 is 13.3 Å². The van der Waals surface area contributed by atoms with E-state index in [4.69, 9.17) is 5.11 Å². The maximum Gasteiger partial charge on any atom is 0.303 e. The van der Waals surface area contributed by atoms with Crippen LogP contribution in [0.2, 0.25) is 0 Å². The molecule has 0 saturated carbocycles. The largest absolute Gasteiger partial charge is 0.481 e. The summed E-state index contributed by atoms with van der Waals surface area (Å²) in [5.41, 5.74) is 0.738. The van der Waals surface area contributed by atoms with E-state index in [0.717, 1.165) is 5.56 Å². The summed E-state index contributed by atoms with van der Waals surface area (Å²) in [5, 5.41) is 8.75. The molecule has 0 saturated heterocycles. The number of hydrogen-bond acceptors (Lipinski definition) is 2. The lowest BCUT2D eigenvalue weighted by Gasteiger charge is -2.10. The number of benzene rings is 1. The molecule has 1 atom stereocenters. The molecule has 0 aliphatic heterocycles. The maximum absolute atomic E-state index is 11.8. The molecule has 86 valence electrons. The van der Waals surface area contributed by atoms with Gasteiger partial charge >= 0.3 is 5.97 Å². The molecule has 5 heteroatoms. The Balaban J connectivity index is 2.92. The summed E-state index contributed by atoms with van der Waals surface area (Å²) in [6.45, 7) is 3.56. The van der Waals surface area contributed by atoms with E-state index in [9.17, 15) is 14.3 Å². The fourth-order valence-corrected chi connectivity index (χ4v) is 2.67. The zero-order valence-corrected chi connectivity index (χ0v) is 9.56. The zero-order chi connectivity index (χ0) is 12.2. The van der Waals surface area contributed by atoms with Crippen molar-refractivity contribution >= 4 is 24.7 Å². The number of rotatable bonds is 5. The molecular weight excluding hydrogens is 227 g/mol. The smallest absolute Gasteiger partial charge is 0.303 e. The average molecular weight is 240 g/mol. The highest BCUT2D eigenvalue weighted by Gasteiger charge is 2.22. The van der Waals surface area contributed by atoms with E-state index in [1.54, 1.807) is 24.3 Å². The number of hydrogen-bond donors (Lipinski definition) is 2. The summed E-state index contributed by atoms with van der Waals surface area (Å²) in [6, 6.07) is 6.48. The third kappa shape index (κ3) is 3.33. The zero-order valence-electron chi connectivity index (χ0n) is 8.67. The molecule has 0 spiro atoms. The van der Waals surface area contributed by atoms with Crippen LogP contribution in [0.4, 0.5) is 0 Å². The van der Waals surface area contributed by atoms with Crippen LogP contribution in [0.5, 0.6) is 0 Å². The van der Waals surface area contributed by atoms with E-state index in [0.29, 0.717) is 0 Å². The first-order valence-electron chi connectivity index (χ1n) is 4.72. The maximum atomic E-state index is 11.8. The summed E-state index contributed by atoms with van der Waals surface area (Å²) >= 11 is 0. The van der Waals surface area contributed by atoms with Crippen molar-refractivity contribution in [3.63, 3.8) is 0 Å². The molecule has 1 rings (SSSR count). The molecule has 4 nitrogen and oxygen atoms in total. The van der Waals surface area contributed by atoms with E-state index in [-0.39, 0.29) is 17.9 Å². The van der Waals surface area contributed by atoms with Crippen molar-refractivity contribution < 1.29 is 19.4 Å². The van der Waals surface area contributed by atoms with Gasteiger partial charge in [-0.15, -0.1) is 0 Å². The molecule has 0 radical (unpaired) electrons. The highest BCUT2D eigenvalue weighted by molar-refractivity contribution is 7.66. The third-order valence-electron chi connectivity index (χ3n) is 2.14. The molecule has 0 amide bonds. The Kier molecular flexibility index (Phi) is 4.05. The van der Waals surface area contributed by atoms with Crippen molar-refractivity contribution in [1.82, 2.24) is 0 Å². The van der Waals surface area contributed by atoms with Crippen molar-refractivity contribution in [3.8, 4) is 0 Å². The predicted octanol–water partition coefficient (Wildman–Crippen LogP) is 1.70. The van der Waals surface area contributed by atoms with Gasteiger partial charge in [0, 0.05) is 11.5 Å². The van der Waals surface area contributed by atoms with Gasteiger partial charge in [0.1, 0.15) is 0 Å². The fourth-order valence-electron chi connectivity index (χ4n) is 1.25. The van der Waals surface area contributed by atoms with Crippen LogP contribution in [0, 0.1) is 0 Å². The average Bonchev–Trinajstić information content (AvgIpc) is 2.27. The van der Waals surface area contributed by atoms with E-state index in [1.807, 2.05) is 0 Å². The number of aliphatic carboxylic acids is 1. The van der Waals surface area contributed by atoms with Crippen molar-refractivity contribution in [2.75, 3.05) is 6.16 Å². The van der Waals surface area contributed by atoms with Crippen LogP contribution in [0.1, 0.15) is 12.0 Å². The molecule has 1 aromatic carbocycles. The molecule has 2 N–H and O–H groups in total. The van der Waals surface area contributed by atoms with Crippen LogP contribution in [-0.4, -0.2) is 22.1 Å². The van der Waals surface area contributed by atoms with Crippen LogP contribution in [0.3, 0.4) is 0 Å². The molecule has 0 heterocycles. The first-order valence-corrected chi connectivity index (χ1v) is 6.57. The van der Waals surface area contributed by atoms with Crippen molar-refractivity contribution in [2.24, 2.45) is 0 Å². The molecule has 0 aliphatic carbocycles. The van der Waals surface area contributed by atoms with Gasteiger partial charge < -0.3 is 10.00 Å². The quantitative estimate of drug-likeness (QED) is 0.768. The van der Waals surface area contributed by atoms with Crippen molar-refractivity contribution in [3.05, 3.63) is 36.4 Å². The second-order valence-electron chi connectivity index (χ2n) is 3.37. The van der Waals surface area contributed by atoms with Gasteiger partial charge in [-0.25, -0.2) is 0 Å². The highest BCUT2D eigenvalue weighted by atomic mass is 31.2. The predicted molar refractivity (Wildman–Crippen MR) is 63.1 cm³/mol. The van der Waals surface area contributed by atoms with Crippen LogP contribution in [0.25, 0.3) is 6.08 Å². The summed E-state index contributed by atoms with van der Waals surface area (Å²) in [7, 11) is -3.57. The van der Waals surface area contributed by atoms with Gasteiger partial charge in [-0.3, -0.25) is 9.36 Å². The molecule has 0 aliphatic rings. The third-order valence-corrected chi connectivity index (χ3v) is 4.05. The van der Waals surface area contributed by atoms with Gasteiger partial charge in [0.15, 0.2) is 0 Å². The van der Waals surface area contributed by atoms with Gasteiger partial charge in [0.25, 0.3) is 0 Å². The normalized spacial score (nSPS) is 14.1. The molecular formula is C11H13O4P. The van der Waals surface area contributed by atoms with Crippen LogP contribution in [0.15, 0.2) is 30.8 Å². The van der Waals surface area contributed by atoms with Gasteiger partial charge in [0.2, 0.25) is 7.37 Å². The Morgan fingerprint density at radius 2 is 2.19 bits per heavy atom. The Bertz CT molecular complexity index is 453. The monoisotopic (exact) mass is 240 g/mol.